The molecule has 0 aromatic rings. The molecule has 90 valence electrons. The molecule has 0 aliphatic carbocycles. The van der Waals surface area contributed by atoms with E-state index in [4.69, 9.17) is 19.0 Å². The molecule has 0 aromatic heterocycles. The fraction of sp³-hybridized carbons (Fsp3) is 0.875. The maximum absolute atomic E-state index is 10.4. The second-order valence-electron chi connectivity index (χ2n) is 3.07. The minimum absolute atomic E-state index is 0.0387. The molecule has 1 unspecified atom stereocenters. The largest absolute Gasteiger partial charge is 0.503 e. The van der Waals surface area contributed by atoms with Gasteiger partial charge in [0.2, 0.25) is 0 Å². The Kier molecular flexibility index (Phi) is 6.49. The van der Waals surface area contributed by atoms with Crippen molar-refractivity contribution in [1.82, 2.24) is 0 Å². The standard InChI is InChI=1S/C8H19NO5Si/c1-7(5-6-14-8(9)10)15(11-2,12-3)13-4/h7H,5-6H2,1-4H3,(H2,9,10). The summed E-state index contributed by atoms with van der Waals surface area (Å²) in [5.74, 6) is 0. The Hall–Kier alpha value is -0.633. The van der Waals surface area contributed by atoms with Crippen molar-refractivity contribution in [3.8, 4) is 0 Å². The number of carbonyl (C=O) groups is 1. The van der Waals surface area contributed by atoms with Crippen molar-refractivity contribution in [3.63, 3.8) is 0 Å². The molecule has 15 heavy (non-hydrogen) atoms. The SMILES string of the molecule is CO[Si](OC)(OC)C(C)CCOC(N)=O. The van der Waals surface area contributed by atoms with Crippen LogP contribution in [0.2, 0.25) is 5.54 Å². The second-order valence-corrected chi connectivity index (χ2v) is 6.49. The predicted molar refractivity (Wildman–Crippen MR) is 56.4 cm³/mol. The van der Waals surface area contributed by atoms with Crippen molar-refractivity contribution in [2.45, 2.75) is 18.9 Å². The fourth-order valence-corrected chi connectivity index (χ4v) is 3.55. The highest BCUT2D eigenvalue weighted by Gasteiger charge is 2.44. The van der Waals surface area contributed by atoms with Crippen LogP contribution >= 0.6 is 0 Å². The van der Waals surface area contributed by atoms with E-state index in [0.717, 1.165) is 0 Å². The lowest BCUT2D eigenvalue weighted by Crippen LogP contribution is -2.47. The van der Waals surface area contributed by atoms with Gasteiger partial charge in [-0.05, 0) is 6.42 Å². The zero-order valence-electron chi connectivity index (χ0n) is 9.61. The Balaban J connectivity index is 4.14. The summed E-state index contributed by atoms with van der Waals surface area (Å²) in [4.78, 5) is 10.4. The minimum atomic E-state index is -2.62. The van der Waals surface area contributed by atoms with Gasteiger partial charge in [-0.1, -0.05) is 6.92 Å². The lowest BCUT2D eigenvalue weighted by molar-refractivity contribution is 0.104. The lowest BCUT2D eigenvalue weighted by atomic mass is 10.3. The van der Waals surface area contributed by atoms with Crippen LogP contribution in [0.1, 0.15) is 13.3 Å². The summed E-state index contributed by atoms with van der Waals surface area (Å²) in [7, 11) is 2.01. The van der Waals surface area contributed by atoms with Gasteiger partial charge in [0.25, 0.3) is 0 Å². The molecule has 6 nitrogen and oxygen atoms in total. The number of rotatable bonds is 7. The third-order valence-corrected chi connectivity index (χ3v) is 5.46. The lowest BCUT2D eigenvalue weighted by Gasteiger charge is -2.29. The Morgan fingerprint density at radius 1 is 1.27 bits per heavy atom. The minimum Gasteiger partial charge on any atom is -0.450 e. The van der Waals surface area contributed by atoms with Crippen molar-refractivity contribution in [1.29, 1.82) is 0 Å². The molecule has 0 aliphatic rings. The van der Waals surface area contributed by atoms with Crippen LogP contribution in [0, 0.1) is 0 Å². The van der Waals surface area contributed by atoms with Crippen molar-refractivity contribution in [3.05, 3.63) is 0 Å². The molecule has 1 atom stereocenters. The normalized spacial score (nSPS) is 13.6. The van der Waals surface area contributed by atoms with Crippen LogP contribution in [0.4, 0.5) is 4.79 Å². The Labute approximate surface area is 91.0 Å². The van der Waals surface area contributed by atoms with E-state index in [9.17, 15) is 4.79 Å². The average Bonchev–Trinajstić information content (AvgIpc) is 2.21. The van der Waals surface area contributed by atoms with E-state index in [1.165, 1.54) is 0 Å². The Morgan fingerprint density at radius 3 is 2.07 bits per heavy atom. The smallest absolute Gasteiger partial charge is 0.450 e. The number of carbonyl (C=O) groups excluding carboxylic acids is 1. The van der Waals surface area contributed by atoms with Crippen LogP contribution in [0.25, 0.3) is 0 Å². The highest BCUT2D eigenvalue weighted by atomic mass is 28.4. The van der Waals surface area contributed by atoms with Crippen LogP contribution in [0.15, 0.2) is 0 Å². The molecular weight excluding hydrogens is 218 g/mol. The van der Waals surface area contributed by atoms with E-state index < -0.39 is 14.9 Å². The highest BCUT2D eigenvalue weighted by molar-refractivity contribution is 6.62. The molecular formula is C8H19NO5Si. The van der Waals surface area contributed by atoms with Gasteiger partial charge in [-0.15, -0.1) is 0 Å². The number of primary amides is 1. The number of amides is 1. The molecule has 0 saturated carbocycles. The summed E-state index contributed by atoms with van der Waals surface area (Å²) in [5, 5.41) is 0. The molecule has 0 heterocycles. The number of nitrogens with two attached hydrogens (primary N) is 1. The molecule has 0 spiro atoms. The van der Waals surface area contributed by atoms with Crippen LogP contribution in [0.3, 0.4) is 0 Å². The summed E-state index contributed by atoms with van der Waals surface area (Å²) < 4.78 is 20.5. The van der Waals surface area contributed by atoms with Gasteiger partial charge in [0.1, 0.15) is 0 Å². The topological polar surface area (TPSA) is 80.0 Å². The summed E-state index contributed by atoms with van der Waals surface area (Å²) in [6.07, 6.45) is -0.188. The van der Waals surface area contributed by atoms with Crippen molar-refractivity contribution in [2.75, 3.05) is 27.9 Å². The molecule has 2 N–H and O–H groups in total. The second kappa shape index (κ2) is 6.78. The zero-order chi connectivity index (χ0) is 11.9. The van der Waals surface area contributed by atoms with Crippen LogP contribution < -0.4 is 5.73 Å². The first kappa shape index (κ1) is 14.4. The van der Waals surface area contributed by atoms with Crippen molar-refractivity contribution in [2.24, 2.45) is 5.73 Å². The van der Waals surface area contributed by atoms with E-state index in [2.05, 4.69) is 4.74 Å². The summed E-state index contributed by atoms with van der Waals surface area (Å²) >= 11 is 0. The zero-order valence-corrected chi connectivity index (χ0v) is 10.6. The Bertz CT molecular complexity index is 189. The van der Waals surface area contributed by atoms with Crippen LogP contribution in [0.5, 0.6) is 0 Å². The van der Waals surface area contributed by atoms with Gasteiger partial charge in [-0.25, -0.2) is 4.79 Å². The van der Waals surface area contributed by atoms with E-state index in [1.54, 1.807) is 21.3 Å². The molecule has 0 aliphatic heterocycles. The molecule has 7 heteroatoms. The summed E-state index contributed by atoms with van der Waals surface area (Å²) in [5.41, 5.74) is 4.88. The fourth-order valence-electron chi connectivity index (χ4n) is 1.37. The van der Waals surface area contributed by atoms with Gasteiger partial charge in [0, 0.05) is 26.9 Å². The van der Waals surface area contributed by atoms with Crippen LogP contribution in [-0.2, 0) is 18.0 Å². The monoisotopic (exact) mass is 237 g/mol. The first-order valence-electron chi connectivity index (χ1n) is 4.60. The van der Waals surface area contributed by atoms with Crippen molar-refractivity contribution >= 4 is 14.9 Å². The van der Waals surface area contributed by atoms with Crippen molar-refractivity contribution < 1.29 is 22.8 Å². The Morgan fingerprint density at radius 2 is 1.73 bits per heavy atom. The maximum atomic E-state index is 10.4. The maximum Gasteiger partial charge on any atom is 0.503 e. The third-order valence-electron chi connectivity index (χ3n) is 2.25. The van der Waals surface area contributed by atoms with Gasteiger partial charge < -0.3 is 23.7 Å². The molecule has 0 rings (SSSR count). The van der Waals surface area contributed by atoms with Gasteiger partial charge in [-0.3, -0.25) is 0 Å². The summed E-state index contributed by atoms with van der Waals surface area (Å²) in [6, 6.07) is 0. The highest BCUT2D eigenvalue weighted by Crippen LogP contribution is 2.26. The van der Waals surface area contributed by atoms with Crippen LogP contribution in [-0.4, -0.2) is 42.8 Å². The summed E-state index contributed by atoms with van der Waals surface area (Å²) in [6.45, 7) is 2.16. The first-order valence-corrected chi connectivity index (χ1v) is 6.40. The van der Waals surface area contributed by atoms with E-state index >= 15 is 0 Å². The van der Waals surface area contributed by atoms with E-state index in [1.807, 2.05) is 6.92 Å². The first-order chi connectivity index (χ1) is 7.02. The molecule has 0 fully saturated rings. The van der Waals surface area contributed by atoms with Gasteiger partial charge >= 0.3 is 14.9 Å². The predicted octanol–water partition coefficient (Wildman–Crippen LogP) is 0.740. The quantitative estimate of drug-likeness (QED) is 0.661. The average molecular weight is 237 g/mol. The van der Waals surface area contributed by atoms with Gasteiger partial charge in [-0.2, -0.15) is 0 Å². The van der Waals surface area contributed by atoms with Gasteiger partial charge in [0.05, 0.1) is 6.61 Å². The molecule has 0 radical (unpaired) electrons. The molecule has 0 aromatic carbocycles. The number of hydrogen-bond acceptors (Lipinski definition) is 5. The molecule has 0 saturated heterocycles. The van der Waals surface area contributed by atoms with E-state index in [-0.39, 0.29) is 12.1 Å². The number of ether oxygens (including phenoxy) is 1. The molecule has 0 bridgehead atoms. The third kappa shape index (κ3) is 4.16. The van der Waals surface area contributed by atoms with E-state index in [0.29, 0.717) is 6.42 Å². The number of hydrogen-bond donors (Lipinski definition) is 1. The van der Waals surface area contributed by atoms with Gasteiger partial charge in [0.15, 0.2) is 0 Å². The molecule has 1 amide bonds.